The largest absolute Gasteiger partial charge is 0.369 e. The third kappa shape index (κ3) is 3.33. The van der Waals surface area contributed by atoms with Gasteiger partial charge in [0.2, 0.25) is 5.91 Å². The van der Waals surface area contributed by atoms with E-state index in [1.54, 1.807) is 12.1 Å². The molecule has 108 valence electrons. The Hall–Kier alpha value is -1.95. The summed E-state index contributed by atoms with van der Waals surface area (Å²) in [5.74, 6) is -0.338. The topological polar surface area (TPSA) is 89.5 Å². The van der Waals surface area contributed by atoms with E-state index in [-0.39, 0.29) is 17.5 Å². The lowest BCUT2D eigenvalue weighted by molar-refractivity contribution is -0.384. The highest BCUT2D eigenvalue weighted by Gasteiger charge is 2.28. The smallest absolute Gasteiger partial charge is 0.269 e. The molecule has 20 heavy (non-hydrogen) atoms. The monoisotopic (exact) mass is 277 g/mol. The Labute approximate surface area is 117 Å². The van der Waals surface area contributed by atoms with Crippen LogP contribution >= 0.6 is 0 Å². The van der Waals surface area contributed by atoms with Crippen LogP contribution in [0.3, 0.4) is 0 Å². The summed E-state index contributed by atoms with van der Waals surface area (Å²) in [6.07, 6.45) is 1.79. The van der Waals surface area contributed by atoms with Gasteiger partial charge in [-0.05, 0) is 25.3 Å². The standard InChI is InChI=1S/C14H19N3O3/c1-10-2-5-12(14(15)18)9-16(10)8-11-3-6-13(7-4-11)17(19)20/h3-4,6-7,10,12H,2,5,8-9H2,1H3,(H2,15,18). The molecule has 1 aromatic rings. The molecule has 0 aromatic heterocycles. The van der Waals surface area contributed by atoms with Crippen LogP contribution < -0.4 is 5.73 Å². The molecule has 1 saturated heterocycles. The number of nitro benzene ring substituents is 1. The summed E-state index contributed by atoms with van der Waals surface area (Å²) in [6, 6.07) is 6.93. The minimum Gasteiger partial charge on any atom is -0.369 e. The number of carbonyl (C=O) groups is 1. The second-order valence-corrected chi connectivity index (χ2v) is 5.38. The molecule has 6 nitrogen and oxygen atoms in total. The Morgan fingerprint density at radius 3 is 2.60 bits per heavy atom. The maximum absolute atomic E-state index is 11.3. The lowest BCUT2D eigenvalue weighted by Gasteiger charge is -2.36. The predicted octanol–water partition coefficient (Wildman–Crippen LogP) is 1.68. The number of carbonyl (C=O) groups excluding carboxylic acids is 1. The number of amides is 1. The molecule has 1 heterocycles. The van der Waals surface area contributed by atoms with E-state index < -0.39 is 4.92 Å². The zero-order chi connectivity index (χ0) is 14.7. The number of non-ortho nitro benzene ring substituents is 1. The van der Waals surface area contributed by atoms with E-state index in [0.717, 1.165) is 18.4 Å². The molecule has 1 aromatic carbocycles. The van der Waals surface area contributed by atoms with E-state index in [1.807, 2.05) is 0 Å². The Kier molecular flexibility index (Phi) is 4.34. The molecular formula is C14H19N3O3. The van der Waals surface area contributed by atoms with Crippen LogP contribution in [0.15, 0.2) is 24.3 Å². The SMILES string of the molecule is CC1CCC(C(N)=O)CN1Cc1ccc([N+](=O)[O-])cc1. The van der Waals surface area contributed by atoms with Crippen molar-refractivity contribution in [3.8, 4) is 0 Å². The van der Waals surface area contributed by atoms with Gasteiger partial charge in [0.1, 0.15) is 0 Å². The van der Waals surface area contributed by atoms with Crippen molar-refractivity contribution in [1.82, 2.24) is 4.90 Å². The zero-order valence-electron chi connectivity index (χ0n) is 11.5. The third-order valence-corrected chi connectivity index (χ3v) is 3.95. The van der Waals surface area contributed by atoms with Crippen LogP contribution in [-0.4, -0.2) is 28.3 Å². The molecule has 0 saturated carbocycles. The fourth-order valence-electron chi connectivity index (χ4n) is 2.59. The number of likely N-dealkylation sites (tertiary alicyclic amines) is 1. The van der Waals surface area contributed by atoms with E-state index >= 15 is 0 Å². The number of primary amides is 1. The first-order chi connectivity index (χ1) is 9.47. The van der Waals surface area contributed by atoms with Crippen molar-refractivity contribution in [1.29, 1.82) is 0 Å². The molecule has 0 aliphatic carbocycles. The van der Waals surface area contributed by atoms with Gasteiger partial charge in [-0.2, -0.15) is 0 Å². The summed E-state index contributed by atoms with van der Waals surface area (Å²) in [4.78, 5) is 23.7. The first kappa shape index (κ1) is 14.5. The second kappa shape index (κ2) is 6.00. The van der Waals surface area contributed by atoms with Crippen molar-refractivity contribution in [2.75, 3.05) is 6.54 Å². The fourth-order valence-corrected chi connectivity index (χ4v) is 2.59. The van der Waals surface area contributed by atoms with Gasteiger partial charge in [0, 0.05) is 31.3 Å². The molecule has 2 unspecified atom stereocenters. The summed E-state index contributed by atoms with van der Waals surface area (Å²) in [5, 5.41) is 10.6. The Morgan fingerprint density at radius 2 is 2.05 bits per heavy atom. The minimum atomic E-state index is -0.406. The number of nitro groups is 1. The molecular weight excluding hydrogens is 258 g/mol. The van der Waals surface area contributed by atoms with Crippen LogP contribution in [0.2, 0.25) is 0 Å². The molecule has 1 amide bonds. The predicted molar refractivity (Wildman–Crippen MR) is 74.9 cm³/mol. The van der Waals surface area contributed by atoms with E-state index in [2.05, 4.69) is 11.8 Å². The number of hydrogen-bond donors (Lipinski definition) is 1. The summed E-state index contributed by atoms with van der Waals surface area (Å²) >= 11 is 0. The lowest BCUT2D eigenvalue weighted by Crippen LogP contribution is -2.45. The van der Waals surface area contributed by atoms with E-state index in [9.17, 15) is 14.9 Å². The Balaban J connectivity index is 2.03. The van der Waals surface area contributed by atoms with Crippen LogP contribution in [0, 0.1) is 16.0 Å². The average molecular weight is 277 g/mol. The summed E-state index contributed by atoms with van der Waals surface area (Å²) < 4.78 is 0. The maximum Gasteiger partial charge on any atom is 0.269 e. The summed E-state index contributed by atoms with van der Waals surface area (Å²) in [7, 11) is 0. The van der Waals surface area contributed by atoms with Crippen molar-refractivity contribution in [2.45, 2.75) is 32.4 Å². The van der Waals surface area contributed by atoms with Crippen LogP contribution in [0.1, 0.15) is 25.3 Å². The number of benzene rings is 1. The first-order valence-corrected chi connectivity index (χ1v) is 6.74. The number of nitrogens with two attached hydrogens (primary N) is 1. The van der Waals surface area contributed by atoms with Crippen LogP contribution in [0.25, 0.3) is 0 Å². The van der Waals surface area contributed by atoms with Gasteiger partial charge < -0.3 is 5.73 Å². The van der Waals surface area contributed by atoms with Crippen LogP contribution in [0.5, 0.6) is 0 Å². The van der Waals surface area contributed by atoms with Crippen molar-refractivity contribution in [2.24, 2.45) is 11.7 Å². The van der Waals surface area contributed by atoms with E-state index in [1.165, 1.54) is 12.1 Å². The summed E-state index contributed by atoms with van der Waals surface area (Å²) in [6.45, 7) is 3.47. The van der Waals surface area contributed by atoms with Gasteiger partial charge in [-0.3, -0.25) is 19.8 Å². The fraction of sp³-hybridized carbons (Fsp3) is 0.500. The molecule has 1 aliphatic heterocycles. The zero-order valence-corrected chi connectivity index (χ0v) is 11.5. The first-order valence-electron chi connectivity index (χ1n) is 6.74. The second-order valence-electron chi connectivity index (χ2n) is 5.38. The van der Waals surface area contributed by atoms with Gasteiger partial charge in [0.05, 0.1) is 10.8 Å². The number of nitrogens with zero attached hydrogens (tertiary/aromatic N) is 2. The molecule has 1 aliphatic rings. The highest BCUT2D eigenvalue weighted by Crippen LogP contribution is 2.24. The third-order valence-electron chi connectivity index (χ3n) is 3.95. The molecule has 2 atom stereocenters. The molecule has 0 bridgehead atoms. The molecule has 1 fully saturated rings. The Morgan fingerprint density at radius 1 is 1.40 bits per heavy atom. The van der Waals surface area contributed by atoms with Gasteiger partial charge in [-0.15, -0.1) is 0 Å². The molecule has 2 N–H and O–H groups in total. The van der Waals surface area contributed by atoms with Crippen molar-refractivity contribution < 1.29 is 9.72 Å². The molecule has 2 rings (SSSR count). The molecule has 0 radical (unpaired) electrons. The number of hydrogen-bond acceptors (Lipinski definition) is 4. The van der Waals surface area contributed by atoms with E-state index in [4.69, 9.17) is 5.73 Å². The lowest BCUT2D eigenvalue weighted by atomic mass is 9.92. The van der Waals surface area contributed by atoms with Crippen molar-refractivity contribution in [3.63, 3.8) is 0 Å². The number of rotatable bonds is 4. The van der Waals surface area contributed by atoms with Crippen molar-refractivity contribution >= 4 is 11.6 Å². The quantitative estimate of drug-likeness (QED) is 0.669. The van der Waals surface area contributed by atoms with Gasteiger partial charge in [-0.1, -0.05) is 12.1 Å². The van der Waals surface area contributed by atoms with Gasteiger partial charge >= 0.3 is 0 Å². The number of piperidine rings is 1. The van der Waals surface area contributed by atoms with Crippen LogP contribution in [0.4, 0.5) is 5.69 Å². The molecule has 0 spiro atoms. The van der Waals surface area contributed by atoms with Gasteiger partial charge in [-0.25, -0.2) is 0 Å². The highest BCUT2D eigenvalue weighted by molar-refractivity contribution is 5.76. The minimum absolute atomic E-state index is 0.0930. The van der Waals surface area contributed by atoms with Crippen molar-refractivity contribution in [3.05, 3.63) is 39.9 Å². The van der Waals surface area contributed by atoms with E-state index in [0.29, 0.717) is 19.1 Å². The maximum atomic E-state index is 11.3. The van der Waals surface area contributed by atoms with Gasteiger partial charge in [0.15, 0.2) is 0 Å². The normalized spacial score (nSPS) is 23.4. The highest BCUT2D eigenvalue weighted by atomic mass is 16.6. The Bertz CT molecular complexity index is 501. The summed E-state index contributed by atoms with van der Waals surface area (Å²) in [5.41, 5.74) is 6.48. The average Bonchev–Trinajstić information content (AvgIpc) is 2.41. The molecule has 6 heteroatoms. The van der Waals surface area contributed by atoms with Crippen LogP contribution in [-0.2, 0) is 11.3 Å². The van der Waals surface area contributed by atoms with Gasteiger partial charge in [0.25, 0.3) is 5.69 Å².